The molecule has 0 spiro atoms. The second-order valence-electron chi connectivity index (χ2n) is 7.41. The topological polar surface area (TPSA) is 91.1 Å². The minimum Gasteiger partial charge on any atom is -0.504 e. The standard InChI is InChI=1S/C21H22FN7O/c1-23-20-14-10-13(29-7-5-24-6-8-29)3-4-16(14)25-21(26-20)15-9-12-11-28(2)27-18(12)17(22)19(15)30/h3-4,9-11,24,30H,5-8H2,1-2H3,(H,23,25,26). The summed E-state index contributed by atoms with van der Waals surface area (Å²) in [6, 6.07) is 7.71. The van der Waals surface area contributed by atoms with Crippen LogP contribution in [0, 0.1) is 5.82 Å². The zero-order valence-electron chi connectivity index (χ0n) is 16.8. The molecule has 9 heteroatoms. The summed E-state index contributed by atoms with van der Waals surface area (Å²) >= 11 is 0. The van der Waals surface area contributed by atoms with E-state index in [0.29, 0.717) is 16.7 Å². The smallest absolute Gasteiger partial charge is 0.193 e. The van der Waals surface area contributed by atoms with E-state index in [0.717, 1.165) is 37.3 Å². The molecule has 2 aromatic heterocycles. The Bertz CT molecular complexity index is 1260. The number of hydrogen-bond acceptors (Lipinski definition) is 7. The lowest BCUT2D eigenvalue weighted by molar-refractivity contribution is 0.437. The number of nitrogens with one attached hydrogen (secondary N) is 2. The first-order valence-corrected chi connectivity index (χ1v) is 9.85. The summed E-state index contributed by atoms with van der Waals surface area (Å²) in [5, 5.41) is 22.5. The van der Waals surface area contributed by atoms with Gasteiger partial charge in [0, 0.05) is 62.9 Å². The van der Waals surface area contributed by atoms with E-state index in [1.54, 1.807) is 26.4 Å². The van der Waals surface area contributed by atoms with Crippen LogP contribution in [0.25, 0.3) is 33.2 Å². The molecule has 0 amide bonds. The number of aromatic hydroxyl groups is 1. The molecule has 0 radical (unpaired) electrons. The van der Waals surface area contributed by atoms with Crippen molar-refractivity contribution in [2.75, 3.05) is 43.4 Å². The second kappa shape index (κ2) is 7.10. The minimum atomic E-state index is -0.771. The van der Waals surface area contributed by atoms with Crippen molar-refractivity contribution in [2.45, 2.75) is 0 Å². The molecule has 3 N–H and O–H groups in total. The third kappa shape index (κ3) is 2.98. The van der Waals surface area contributed by atoms with E-state index in [4.69, 9.17) is 0 Å². The quantitative estimate of drug-likeness (QED) is 0.481. The highest BCUT2D eigenvalue weighted by Gasteiger charge is 2.20. The summed E-state index contributed by atoms with van der Waals surface area (Å²) in [5.74, 6) is -0.395. The predicted molar refractivity (Wildman–Crippen MR) is 115 cm³/mol. The predicted octanol–water partition coefficient (Wildman–Crippen LogP) is 2.48. The summed E-state index contributed by atoms with van der Waals surface area (Å²) in [5.41, 5.74) is 2.18. The zero-order valence-corrected chi connectivity index (χ0v) is 16.8. The zero-order chi connectivity index (χ0) is 20.8. The van der Waals surface area contributed by atoms with E-state index >= 15 is 0 Å². The van der Waals surface area contributed by atoms with Crippen molar-refractivity contribution >= 4 is 33.3 Å². The Morgan fingerprint density at radius 2 is 1.97 bits per heavy atom. The molecule has 8 nitrogen and oxygen atoms in total. The van der Waals surface area contributed by atoms with E-state index in [1.165, 1.54) is 4.68 Å². The first-order chi connectivity index (χ1) is 14.5. The van der Waals surface area contributed by atoms with Gasteiger partial charge in [-0.1, -0.05) is 0 Å². The Labute approximate surface area is 172 Å². The minimum absolute atomic E-state index is 0.119. The molecule has 0 aliphatic carbocycles. The number of phenolic OH excluding ortho intramolecular Hbond substituents is 1. The molecule has 0 unspecified atom stereocenters. The van der Waals surface area contributed by atoms with Gasteiger partial charge in [-0.25, -0.2) is 14.4 Å². The van der Waals surface area contributed by atoms with E-state index in [-0.39, 0.29) is 16.9 Å². The largest absolute Gasteiger partial charge is 0.504 e. The van der Waals surface area contributed by atoms with Gasteiger partial charge in [0.2, 0.25) is 0 Å². The van der Waals surface area contributed by atoms with Crippen molar-refractivity contribution in [1.82, 2.24) is 25.1 Å². The molecule has 5 rings (SSSR count). The van der Waals surface area contributed by atoms with Crippen molar-refractivity contribution in [1.29, 1.82) is 0 Å². The molecule has 4 aromatic rings. The Morgan fingerprint density at radius 3 is 2.73 bits per heavy atom. The van der Waals surface area contributed by atoms with Gasteiger partial charge >= 0.3 is 0 Å². The average molecular weight is 407 g/mol. The third-order valence-electron chi connectivity index (χ3n) is 5.47. The van der Waals surface area contributed by atoms with Gasteiger partial charge in [-0.2, -0.15) is 5.10 Å². The summed E-state index contributed by atoms with van der Waals surface area (Å²) in [6.45, 7) is 3.79. The Morgan fingerprint density at radius 1 is 1.17 bits per heavy atom. The molecule has 1 aliphatic rings. The van der Waals surface area contributed by atoms with Crippen LogP contribution < -0.4 is 15.5 Å². The van der Waals surface area contributed by atoms with Crippen LogP contribution in [0.4, 0.5) is 15.9 Å². The molecule has 1 aliphatic heterocycles. The maximum Gasteiger partial charge on any atom is 0.193 e. The highest BCUT2D eigenvalue weighted by Crippen LogP contribution is 2.36. The third-order valence-corrected chi connectivity index (χ3v) is 5.47. The number of hydrogen-bond donors (Lipinski definition) is 3. The van der Waals surface area contributed by atoms with E-state index < -0.39 is 11.6 Å². The molecule has 154 valence electrons. The van der Waals surface area contributed by atoms with Crippen LogP contribution in [-0.2, 0) is 7.05 Å². The fourth-order valence-corrected chi connectivity index (χ4v) is 3.95. The number of halogens is 1. The van der Waals surface area contributed by atoms with E-state index in [2.05, 4.69) is 36.7 Å². The number of piperazine rings is 1. The SMILES string of the molecule is CNc1nc(-c2cc3cn(C)nc3c(F)c2O)nc2ccc(N3CCNCC3)cc12. The molecular weight excluding hydrogens is 385 g/mol. The van der Waals surface area contributed by atoms with Gasteiger partial charge in [0.25, 0.3) is 0 Å². The number of nitrogens with zero attached hydrogens (tertiary/aromatic N) is 5. The molecule has 0 atom stereocenters. The fraction of sp³-hybridized carbons (Fsp3) is 0.286. The number of benzene rings is 2. The number of fused-ring (bicyclic) bond motifs is 2. The van der Waals surface area contributed by atoms with Gasteiger partial charge in [0.1, 0.15) is 11.3 Å². The van der Waals surface area contributed by atoms with Gasteiger partial charge in [-0.15, -0.1) is 0 Å². The van der Waals surface area contributed by atoms with Gasteiger partial charge in [0.15, 0.2) is 17.4 Å². The number of aryl methyl sites for hydroxylation is 1. The Balaban J connectivity index is 1.65. The van der Waals surface area contributed by atoms with Crippen molar-refractivity contribution in [3.05, 3.63) is 36.3 Å². The van der Waals surface area contributed by atoms with Crippen LogP contribution in [0.5, 0.6) is 5.75 Å². The van der Waals surface area contributed by atoms with Crippen molar-refractivity contribution in [2.24, 2.45) is 7.05 Å². The van der Waals surface area contributed by atoms with Crippen LogP contribution in [-0.4, -0.2) is 58.1 Å². The second-order valence-corrected chi connectivity index (χ2v) is 7.41. The van der Waals surface area contributed by atoms with Gasteiger partial charge in [-0.3, -0.25) is 4.68 Å². The van der Waals surface area contributed by atoms with Crippen LogP contribution in [0.1, 0.15) is 0 Å². The molecule has 1 fully saturated rings. The van der Waals surface area contributed by atoms with Crippen LogP contribution in [0.3, 0.4) is 0 Å². The first-order valence-electron chi connectivity index (χ1n) is 9.85. The fourth-order valence-electron chi connectivity index (χ4n) is 3.95. The molecule has 2 aromatic carbocycles. The van der Waals surface area contributed by atoms with Gasteiger partial charge < -0.3 is 20.6 Å². The summed E-state index contributed by atoms with van der Waals surface area (Å²) in [4.78, 5) is 11.5. The van der Waals surface area contributed by atoms with Gasteiger partial charge in [-0.05, 0) is 24.3 Å². The van der Waals surface area contributed by atoms with Crippen molar-refractivity contribution in [3.8, 4) is 17.1 Å². The highest BCUT2D eigenvalue weighted by atomic mass is 19.1. The number of aromatic nitrogens is 4. The lowest BCUT2D eigenvalue weighted by Gasteiger charge is -2.29. The molecular formula is C21H22FN7O. The van der Waals surface area contributed by atoms with Gasteiger partial charge in [0.05, 0.1) is 11.1 Å². The summed E-state index contributed by atoms with van der Waals surface area (Å²) in [7, 11) is 3.49. The van der Waals surface area contributed by atoms with Crippen LogP contribution in [0.15, 0.2) is 30.5 Å². The monoisotopic (exact) mass is 407 g/mol. The Hall–Kier alpha value is -3.46. The van der Waals surface area contributed by atoms with Crippen molar-refractivity contribution < 1.29 is 9.50 Å². The Kier molecular flexibility index (Phi) is 4.39. The molecule has 0 bridgehead atoms. The maximum atomic E-state index is 14.7. The average Bonchev–Trinajstić information content (AvgIpc) is 3.16. The lowest BCUT2D eigenvalue weighted by Crippen LogP contribution is -2.43. The van der Waals surface area contributed by atoms with E-state index in [9.17, 15) is 9.50 Å². The lowest BCUT2D eigenvalue weighted by atomic mass is 10.1. The van der Waals surface area contributed by atoms with E-state index in [1.807, 2.05) is 12.1 Å². The molecule has 3 heterocycles. The van der Waals surface area contributed by atoms with Crippen LogP contribution >= 0.6 is 0 Å². The highest BCUT2D eigenvalue weighted by molar-refractivity contribution is 5.94. The normalized spacial score (nSPS) is 14.6. The molecule has 1 saturated heterocycles. The summed E-state index contributed by atoms with van der Waals surface area (Å²) in [6.07, 6.45) is 1.70. The van der Waals surface area contributed by atoms with Crippen molar-refractivity contribution in [3.63, 3.8) is 0 Å². The first kappa shape index (κ1) is 18.6. The maximum absolute atomic E-state index is 14.7. The molecule has 30 heavy (non-hydrogen) atoms. The number of phenols is 1. The summed E-state index contributed by atoms with van der Waals surface area (Å²) < 4.78 is 16.2. The number of anilines is 2. The number of rotatable bonds is 3. The molecule has 0 saturated carbocycles. The van der Waals surface area contributed by atoms with Crippen LogP contribution in [0.2, 0.25) is 0 Å².